The molecule has 0 saturated carbocycles. The molecule has 5 heteroatoms. The molecular formula is C15H15BrN2O2. The second-order valence-electron chi connectivity index (χ2n) is 4.36. The van der Waals surface area contributed by atoms with Crippen molar-refractivity contribution in [1.82, 2.24) is 9.88 Å². The maximum atomic E-state index is 12.3. The molecule has 1 heterocycles. The van der Waals surface area contributed by atoms with E-state index in [1.165, 1.54) is 0 Å². The van der Waals surface area contributed by atoms with Crippen molar-refractivity contribution in [1.29, 1.82) is 0 Å². The lowest BCUT2D eigenvalue weighted by Gasteiger charge is -2.17. The lowest BCUT2D eigenvalue weighted by atomic mass is 10.2. The molecule has 0 aliphatic heterocycles. The Kier molecular flexibility index (Phi) is 4.74. The van der Waals surface area contributed by atoms with Crippen molar-refractivity contribution in [3.05, 3.63) is 58.3 Å². The van der Waals surface area contributed by atoms with Crippen LogP contribution in [0.15, 0.2) is 47.1 Å². The normalized spacial score (nSPS) is 10.2. The highest BCUT2D eigenvalue weighted by molar-refractivity contribution is 9.10. The van der Waals surface area contributed by atoms with E-state index in [4.69, 9.17) is 4.74 Å². The summed E-state index contributed by atoms with van der Waals surface area (Å²) in [4.78, 5) is 18.1. The number of hydrogen-bond donors (Lipinski definition) is 0. The molecule has 0 N–H and O–H groups in total. The van der Waals surface area contributed by atoms with Crippen LogP contribution in [0.25, 0.3) is 0 Å². The fourth-order valence-corrected chi connectivity index (χ4v) is 2.18. The van der Waals surface area contributed by atoms with Gasteiger partial charge in [-0.05, 0) is 45.8 Å². The Bertz CT molecular complexity index is 616. The van der Waals surface area contributed by atoms with Crippen molar-refractivity contribution in [3.63, 3.8) is 0 Å². The van der Waals surface area contributed by atoms with Gasteiger partial charge in [0.15, 0.2) is 0 Å². The maximum absolute atomic E-state index is 12.3. The largest absolute Gasteiger partial charge is 0.497 e. The summed E-state index contributed by atoms with van der Waals surface area (Å²) in [5.74, 6) is 0.665. The second-order valence-corrected chi connectivity index (χ2v) is 5.17. The minimum atomic E-state index is -0.117. The van der Waals surface area contributed by atoms with Gasteiger partial charge in [0.2, 0.25) is 0 Å². The van der Waals surface area contributed by atoms with Gasteiger partial charge in [-0.3, -0.25) is 4.79 Å². The SMILES string of the molecule is COc1cccc(CN(C)C(=O)c2cccc(Br)n2)c1. The van der Waals surface area contributed by atoms with Crippen molar-refractivity contribution in [2.45, 2.75) is 6.54 Å². The van der Waals surface area contributed by atoms with Crippen LogP contribution in [0, 0.1) is 0 Å². The lowest BCUT2D eigenvalue weighted by molar-refractivity contribution is 0.0779. The zero-order valence-electron chi connectivity index (χ0n) is 11.3. The van der Waals surface area contributed by atoms with Gasteiger partial charge in [-0.25, -0.2) is 4.98 Å². The minimum absolute atomic E-state index is 0.117. The van der Waals surface area contributed by atoms with E-state index in [1.807, 2.05) is 24.3 Å². The highest BCUT2D eigenvalue weighted by Gasteiger charge is 2.13. The standard InChI is InChI=1S/C15H15BrN2O2/c1-18(10-11-5-3-6-12(9-11)20-2)15(19)13-7-4-8-14(16)17-13/h3-9H,10H2,1-2H3. The topological polar surface area (TPSA) is 42.4 Å². The van der Waals surface area contributed by atoms with Crippen molar-refractivity contribution >= 4 is 21.8 Å². The number of ether oxygens (including phenoxy) is 1. The van der Waals surface area contributed by atoms with Crippen LogP contribution in [0.3, 0.4) is 0 Å². The smallest absolute Gasteiger partial charge is 0.272 e. The number of aromatic nitrogens is 1. The van der Waals surface area contributed by atoms with E-state index < -0.39 is 0 Å². The summed E-state index contributed by atoms with van der Waals surface area (Å²) < 4.78 is 5.83. The molecule has 1 aromatic heterocycles. The van der Waals surface area contributed by atoms with E-state index in [0.717, 1.165) is 11.3 Å². The van der Waals surface area contributed by atoms with Crippen molar-refractivity contribution in [2.75, 3.05) is 14.2 Å². The summed E-state index contributed by atoms with van der Waals surface area (Å²) in [5, 5.41) is 0. The fraction of sp³-hybridized carbons (Fsp3) is 0.200. The third-order valence-electron chi connectivity index (χ3n) is 2.83. The van der Waals surface area contributed by atoms with Gasteiger partial charge in [0, 0.05) is 13.6 Å². The van der Waals surface area contributed by atoms with E-state index in [0.29, 0.717) is 16.8 Å². The van der Waals surface area contributed by atoms with Crippen LogP contribution in [0.2, 0.25) is 0 Å². The molecule has 104 valence electrons. The van der Waals surface area contributed by atoms with Crippen LogP contribution >= 0.6 is 15.9 Å². The highest BCUT2D eigenvalue weighted by Crippen LogP contribution is 2.15. The molecule has 0 spiro atoms. The van der Waals surface area contributed by atoms with E-state index >= 15 is 0 Å². The van der Waals surface area contributed by atoms with Crippen LogP contribution < -0.4 is 4.74 Å². The van der Waals surface area contributed by atoms with Gasteiger partial charge in [-0.15, -0.1) is 0 Å². The Labute approximate surface area is 126 Å². The number of benzene rings is 1. The van der Waals surface area contributed by atoms with E-state index in [2.05, 4.69) is 20.9 Å². The van der Waals surface area contributed by atoms with E-state index in [9.17, 15) is 4.79 Å². The Balaban J connectivity index is 2.11. The van der Waals surface area contributed by atoms with Crippen LogP contribution in [-0.4, -0.2) is 29.9 Å². The van der Waals surface area contributed by atoms with Crippen molar-refractivity contribution in [2.24, 2.45) is 0 Å². The Morgan fingerprint density at radius 1 is 1.30 bits per heavy atom. The van der Waals surface area contributed by atoms with Crippen LogP contribution in [0.4, 0.5) is 0 Å². The minimum Gasteiger partial charge on any atom is -0.497 e. The van der Waals surface area contributed by atoms with Crippen LogP contribution in [-0.2, 0) is 6.54 Å². The Hall–Kier alpha value is -1.88. The average molecular weight is 335 g/mol. The number of carbonyl (C=O) groups is 1. The van der Waals surface area contributed by atoms with E-state index in [1.54, 1.807) is 37.3 Å². The predicted molar refractivity (Wildman–Crippen MR) is 80.7 cm³/mol. The monoisotopic (exact) mass is 334 g/mol. The number of rotatable bonds is 4. The van der Waals surface area contributed by atoms with Gasteiger partial charge in [0.05, 0.1) is 7.11 Å². The first-order chi connectivity index (χ1) is 9.60. The third-order valence-corrected chi connectivity index (χ3v) is 3.28. The summed E-state index contributed by atoms with van der Waals surface area (Å²) in [6.45, 7) is 0.504. The first-order valence-electron chi connectivity index (χ1n) is 6.11. The molecule has 2 aromatic rings. The Morgan fingerprint density at radius 3 is 2.75 bits per heavy atom. The summed E-state index contributed by atoms with van der Waals surface area (Å²) in [5.41, 5.74) is 1.43. The molecule has 0 saturated heterocycles. The highest BCUT2D eigenvalue weighted by atomic mass is 79.9. The van der Waals surface area contributed by atoms with Gasteiger partial charge >= 0.3 is 0 Å². The van der Waals surface area contributed by atoms with Gasteiger partial charge in [-0.1, -0.05) is 18.2 Å². The zero-order chi connectivity index (χ0) is 14.5. The van der Waals surface area contributed by atoms with Crippen molar-refractivity contribution < 1.29 is 9.53 Å². The molecule has 0 fully saturated rings. The van der Waals surface area contributed by atoms with Crippen LogP contribution in [0.1, 0.15) is 16.1 Å². The lowest BCUT2D eigenvalue weighted by Crippen LogP contribution is -2.27. The number of carbonyl (C=O) groups excluding carboxylic acids is 1. The molecule has 20 heavy (non-hydrogen) atoms. The summed E-state index contributed by atoms with van der Waals surface area (Å²) in [6.07, 6.45) is 0. The van der Waals surface area contributed by atoms with Gasteiger partial charge in [0.1, 0.15) is 16.0 Å². The number of methoxy groups -OCH3 is 1. The molecule has 0 aliphatic rings. The number of pyridine rings is 1. The molecule has 2 rings (SSSR count). The quantitative estimate of drug-likeness (QED) is 0.807. The fourth-order valence-electron chi connectivity index (χ4n) is 1.84. The number of nitrogens with zero attached hydrogens (tertiary/aromatic N) is 2. The van der Waals surface area contributed by atoms with Gasteiger partial charge in [0.25, 0.3) is 5.91 Å². The number of hydrogen-bond acceptors (Lipinski definition) is 3. The number of amides is 1. The molecule has 0 radical (unpaired) electrons. The molecule has 0 bridgehead atoms. The van der Waals surface area contributed by atoms with E-state index in [-0.39, 0.29) is 5.91 Å². The molecule has 0 aliphatic carbocycles. The summed E-state index contributed by atoms with van der Waals surface area (Å²) in [7, 11) is 3.38. The van der Waals surface area contributed by atoms with Crippen molar-refractivity contribution in [3.8, 4) is 5.75 Å². The van der Waals surface area contributed by atoms with Gasteiger partial charge < -0.3 is 9.64 Å². The third kappa shape index (κ3) is 3.57. The maximum Gasteiger partial charge on any atom is 0.272 e. The summed E-state index contributed by atoms with van der Waals surface area (Å²) >= 11 is 3.27. The molecular weight excluding hydrogens is 320 g/mol. The molecule has 1 amide bonds. The predicted octanol–water partition coefficient (Wildman–Crippen LogP) is 3.12. The molecule has 0 atom stereocenters. The zero-order valence-corrected chi connectivity index (χ0v) is 12.9. The summed E-state index contributed by atoms with van der Waals surface area (Å²) in [6, 6.07) is 12.9. The average Bonchev–Trinajstić information content (AvgIpc) is 2.46. The number of halogens is 1. The first kappa shape index (κ1) is 14.5. The van der Waals surface area contributed by atoms with Gasteiger partial charge in [-0.2, -0.15) is 0 Å². The molecule has 1 aromatic carbocycles. The Morgan fingerprint density at radius 2 is 2.05 bits per heavy atom. The second kappa shape index (κ2) is 6.52. The van der Waals surface area contributed by atoms with Crippen LogP contribution in [0.5, 0.6) is 5.75 Å². The molecule has 4 nitrogen and oxygen atoms in total. The first-order valence-corrected chi connectivity index (χ1v) is 6.90. The molecule has 0 unspecified atom stereocenters.